The number of hydrogen-bond donors (Lipinski definition) is 1. The average Bonchev–Trinajstić information content (AvgIpc) is 2.36. The van der Waals surface area contributed by atoms with Crippen LogP contribution in [0.2, 0.25) is 0 Å². The molecule has 0 unspecified atom stereocenters. The Bertz CT molecular complexity index is 498. The van der Waals surface area contributed by atoms with Crippen LogP contribution in [0.5, 0.6) is 0 Å². The molecule has 2 aliphatic rings. The Morgan fingerprint density at radius 3 is 2.90 bits per heavy atom. The predicted molar refractivity (Wildman–Crippen MR) is 85.6 cm³/mol. The van der Waals surface area contributed by atoms with E-state index in [1.807, 2.05) is 0 Å². The molecule has 0 radical (unpaired) electrons. The van der Waals surface area contributed by atoms with E-state index < -0.39 is 5.60 Å². The largest absolute Gasteiger partial charge is 0.378 e. The van der Waals surface area contributed by atoms with E-state index >= 15 is 0 Å². The van der Waals surface area contributed by atoms with Crippen molar-refractivity contribution in [3.05, 3.63) is 11.6 Å². The molecule has 0 aromatic rings. The Morgan fingerprint density at radius 2 is 2.24 bits per heavy atom. The summed E-state index contributed by atoms with van der Waals surface area (Å²) >= 11 is 0. The van der Waals surface area contributed by atoms with Crippen LogP contribution in [0.15, 0.2) is 11.6 Å². The number of allylic oxidation sites excluding steroid dienone is 2. The lowest BCUT2D eigenvalue weighted by molar-refractivity contribution is -0.119. The van der Waals surface area contributed by atoms with Crippen LogP contribution in [0, 0.1) is 29.1 Å². The molecule has 1 saturated carbocycles. The maximum absolute atomic E-state index is 12.2. The molecular formula is C19H28O2. The summed E-state index contributed by atoms with van der Waals surface area (Å²) in [4.78, 5) is 12.2. The van der Waals surface area contributed by atoms with E-state index in [1.54, 1.807) is 13.8 Å². The topological polar surface area (TPSA) is 37.3 Å². The SMILES string of the molecule is C[C@H](CC#CC(C)(C)O)[C@H]1CCC=C2C(=O)CCC[C@@]21C. The van der Waals surface area contributed by atoms with Crippen molar-refractivity contribution in [1.29, 1.82) is 0 Å². The first-order chi connectivity index (χ1) is 9.74. The molecule has 0 amide bonds. The number of rotatable bonds is 2. The highest BCUT2D eigenvalue weighted by Crippen LogP contribution is 2.52. The Hall–Kier alpha value is -1.07. The van der Waals surface area contributed by atoms with Crippen LogP contribution in [-0.2, 0) is 4.79 Å². The Balaban J connectivity index is 2.14. The van der Waals surface area contributed by atoms with Crippen molar-refractivity contribution < 1.29 is 9.90 Å². The van der Waals surface area contributed by atoms with E-state index in [-0.39, 0.29) is 5.41 Å². The fourth-order valence-corrected chi connectivity index (χ4v) is 4.14. The van der Waals surface area contributed by atoms with Gasteiger partial charge in [0, 0.05) is 12.8 Å². The average molecular weight is 288 g/mol. The summed E-state index contributed by atoms with van der Waals surface area (Å²) in [5.74, 6) is 7.40. The van der Waals surface area contributed by atoms with Gasteiger partial charge in [-0.15, -0.1) is 5.92 Å². The molecule has 2 nitrogen and oxygen atoms in total. The standard InChI is InChI=1S/C19H28O2/c1-14(8-6-12-18(2,3)21)15-9-5-10-16-17(20)11-7-13-19(15,16)4/h10,14-15,21H,5,7-9,11,13H2,1-4H3/t14-,15-,19-/m1/s1. The van der Waals surface area contributed by atoms with Gasteiger partial charge in [-0.05, 0) is 62.4 Å². The van der Waals surface area contributed by atoms with Gasteiger partial charge in [0.05, 0.1) is 0 Å². The summed E-state index contributed by atoms with van der Waals surface area (Å²) in [7, 11) is 0. The van der Waals surface area contributed by atoms with E-state index in [4.69, 9.17) is 0 Å². The molecule has 1 N–H and O–H groups in total. The Kier molecular flexibility index (Phi) is 4.63. The molecule has 2 rings (SSSR count). The zero-order valence-corrected chi connectivity index (χ0v) is 13.8. The van der Waals surface area contributed by atoms with Gasteiger partial charge in [-0.3, -0.25) is 4.79 Å². The minimum absolute atomic E-state index is 0.0451. The van der Waals surface area contributed by atoms with Crippen molar-refractivity contribution in [2.24, 2.45) is 17.3 Å². The van der Waals surface area contributed by atoms with Crippen LogP contribution in [0.3, 0.4) is 0 Å². The first-order valence-electron chi connectivity index (χ1n) is 8.20. The van der Waals surface area contributed by atoms with Crippen molar-refractivity contribution in [3.8, 4) is 11.8 Å². The molecule has 1 fully saturated rings. The molecule has 0 heterocycles. The third-order valence-electron chi connectivity index (χ3n) is 5.17. The molecule has 2 heteroatoms. The molecule has 116 valence electrons. The van der Waals surface area contributed by atoms with Gasteiger partial charge >= 0.3 is 0 Å². The van der Waals surface area contributed by atoms with Crippen LogP contribution >= 0.6 is 0 Å². The second kappa shape index (κ2) is 5.97. The van der Waals surface area contributed by atoms with E-state index in [0.717, 1.165) is 44.1 Å². The molecule has 3 atom stereocenters. The minimum Gasteiger partial charge on any atom is -0.378 e. The first kappa shape index (κ1) is 16.3. The summed E-state index contributed by atoms with van der Waals surface area (Å²) in [5, 5.41) is 9.69. The van der Waals surface area contributed by atoms with Gasteiger partial charge < -0.3 is 5.11 Å². The summed E-state index contributed by atoms with van der Waals surface area (Å²) in [6.07, 6.45) is 8.02. The lowest BCUT2D eigenvalue weighted by Crippen LogP contribution is -2.41. The van der Waals surface area contributed by atoms with Gasteiger partial charge in [-0.2, -0.15) is 0 Å². The van der Waals surface area contributed by atoms with Crippen molar-refractivity contribution in [2.45, 2.75) is 71.8 Å². The fourth-order valence-electron chi connectivity index (χ4n) is 4.14. The van der Waals surface area contributed by atoms with E-state index in [2.05, 4.69) is 31.8 Å². The molecule has 0 bridgehead atoms. The third kappa shape index (κ3) is 3.58. The fraction of sp³-hybridized carbons (Fsp3) is 0.737. The number of Topliss-reactive ketones (excluding diaryl/α,β-unsaturated/α-hetero) is 1. The lowest BCUT2D eigenvalue weighted by atomic mass is 9.56. The van der Waals surface area contributed by atoms with Crippen LogP contribution in [0.1, 0.15) is 66.2 Å². The van der Waals surface area contributed by atoms with Gasteiger partial charge in [0.2, 0.25) is 0 Å². The summed E-state index contributed by atoms with van der Waals surface area (Å²) in [6.45, 7) is 7.96. The maximum atomic E-state index is 12.2. The molecule has 0 aromatic heterocycles. The second-order valence-corrected chi connectivity index (χ2v) is 7.54. The molecule has 21 heavy (non-hydrogen) atoms. The summed E-state index contributed by atoms with van der Waals surface area (Å²) < 4.78 is 0. The number of hydrogen-bond acceptors (Lipinski definition) is 2. The first-order valence-corrected chi connectivity index (χ1v) is 8.20. The maximum Gasteiger partial charge on any atom is 0.159 e. The van der Waals surface area contributed by atoms with E-state index in [9.17, 15) is 9.90 Å². The van der Waals surface area contributed by atoms with E-state index in [0.29, 0.717) is 17.6 Å². The highest BCUT2D eigenvalue weighted by molar-refractivity contribution is 5.97. The van der Waals surface area contributed by atoms with Crippen LogP contribution in [0.4, 0.5) is 0 Å². The summed E-state index contributed by atoms with van der Waals surface area (Å²) in [5.41, 5.74) is 0.221. The number of carbonyl (C=O) groups excluding carboxylic acids is 1. The third-order valence-corrected chi connectivity index (χ3v) is 5.17. The molecular weight excluding hydrogens is 260 g/mol. The smallest absolute Gasteiger partial charge is 0.159 e. The number of aliphatic hydroxyl groups is 1. The van der Waals surface area contributed by atoms with Crippen molar-refractivity contribution in [1.82, 2.24) is 0 Å². The zero-order chi connectivity index (χ0) is 15.7. The normalized spacial score (nSPS) is 30.8. The van der Waals surface area contributed by atoms with Crippen LogP contribution in [0.25, 0.3) is 0 Å². The molecule has 0 aromatic carbocycles. The number of fused-ring (bicyclic) bond motifs is 1. The van der Waals surface area contributed by atoms with Gasteiger partial charge in [0.25, 0.3) is 0 Å². The number of carbonyl (C=O) groups is 1. The van der Waals surface area contributed by atoms with Gasteiger partial charge in [0.15, 0.2) is 5.78 Å². The Labute approximate surface area is 129 Å². The van der Waals surface area contributed by atoms with Gasteiger partial charge in [-0.1, -0.05) is 25.8 Å². The highest BCUT2D eigenvalue weighted by Gasteiger charge is 2.45. The van der Waals surface area contributed by atoms with Gasteiger partial charge in [-0.25, -0.2) is 0 Å². The zero-order valence-electron chi connectivity index (χ0n) is 13.8. The van der Waals surface area contributed by atoms with Crippen molar-refractivity contribution >= 4 is 5.78 Å². The molecule has 0 aliphatic heterocycles. The summed E-state index contributed by atoms with van der Waals surface area (Å²) in [6, 6.07) is 0. The monoisotopic (exact) mass is 288 g/mol. The minimum atomic E-state index is -0.915. The molecule has 0 spiro atoms. The highest BCUT2D eigenvalue weighted by atomic mass is 16.3. The molecule has 2 aliphatic carbocycles. The quantitative estimate of drug-likeness (QED) is 0.783. The predicted octanol–water partition coefficient (Wildman–Crippen LogP) is 3.88. The Morgan fingerprint density at radius 1 is 1.52 bits per heavy atom. The lowest BCUT2D eigenvalue weighted by Gasteiger charge is -2.47. The van der Waals surface area contributed by atoms with Crippen molar-refractivity contribution in [2.75, 3.05) is 0 Å². The van der Waals surface area contributed by atoms with Gasteiger partial charge in [0.1, 0.15) is 5.60 Å². The van der Waals surface area contributed by atoms with E-state index in [1.165, 1.54) is 0 Å². The van der Waals surface area contributed by atoms with Crippen LogP contribution < -0.4 is 0 Å². The molecule has 0 saturated heterocycles. The number of ketones is 1. The second-order valence-electron chi connectivity index (χ2n) is 7.54. The van der Waals surface area contributed by atoms with Crippen LogP contribution in [-0.4, -0.2) is 16.5 Å². The van der Waals surface area contributed by atoms with Crippen molar-refractivity contribution in [3.63, 3.8) is 0 Å².